The normalized spacial score (nSPS) is 52.5. The summed E-state index contributed by atoms with van der Waals surface area (Å²) in [7, 11) is 0. The molecule has 0 aromatic heterocycles. The van der Waals surface area contributed by atoms with E-state index in [1.807, 2.05) is 6.92 Å². The fourth-order valence-corrected chi connectivity index (χ4v) is 7.38. The molecule has 2 nitrogen and oxygen atoms in total. The Balaban J connectivity index is 1.69. The SMILES string of the molecule is CC(O)C1(C)CCC2=C1CCC1C2CCC2(C)CC(O)CCC12C. The van der Waals surface area contributed by atoms with Crippen LogP contribution in [-0.2, 0) is 0 Å². The van der Waals surface area contributed by atoms with Crippen LogP contribution in [0.1, 0.15) is 85.5 Å². The maximum atomic E-state index is 10.4. The minimum atomic E-state index is -0.226. The molecule has 4 rings (SSSR count). The summed E-state index contributed by atoms with van der Waals surface area (Å²) in [6, 6.07) is 0. The minimum absolute atomic E-state index is 0.0325. The van der Waals surface area contributed by atoms with Gasteiger partial charge in [0.05, 0.1) is 12.2 Å². The van der Waals surface area contributed by atoms with Gasteiger partial charge >= 0.3 is 0 Å². The Bertz CT molecular complexity index is 564. The van der Waals surface area contributed by atoms with E-state index in [9.17, 15) is 10.2 Å². The first-order valence-electron chi connectivity index (χ1n) is 10.3. The van der Waals surface area contributed by atoms with E-state index >= 15 is 0 Å². The van der Waals surface area contributed by atoms with Crippen LogP contribution in [0.2, 0.25) is 0 Å². The van der Waals surface area contributed by atoms with E-state index in [1.165, 1.54) is 38.5 Å². The van der Waals surface area contributed by atoms with E-state index in [1.54, 1.807) is 11.1 Å². The summed E-state index contributed by atoms with van der Waals surface area (Å²) in [5.74, 6) is 1.54. The third-order valence-corrected chi connectivity index (χ3v) is 9.44. The van der Waals surface area contributed by atoms with E-state index in [-0.39, 0.29) is 17.6 Å². The summed E-state index contributed by atoms with van der Waals surface area (Å²) in [6.07, 6.45) is 10.3. The number of fused-ring (bicyclic) bond motifs is 4. The molecule has 4 aliphatic rings. The van der Waals surface area contributed by atoms with Crippen molar-refractivity contribution >= 4 is 0 Å². The maximum absolute atomic E-state index is 10.4. The van der Waals surface area contributed by atoms with Crippen LogP contribution in [0.15, 0.2) is 11.1 Å². The highest BCUT2D eigenvalue weighted by Crippen LogP contribution is 2.68. The van der Waals surface area contributed by atoms with Crippen LogP contribution in [0.25, 0.3) is 0 Å². The van der Waals surface area contributed by atoms with E-state index in [0.29, 0.717) is 10.8 Å². The van der Waals surface area contributed by atoms with Gasteiger partial charge in [0.1, 0.15) is 0 Å². The Hall–Kier alpha value is -0.340. The van der Waals surface area contributed by atoms with Crippen molar-refractivity contribution in [1.29, 1.82) is 0 Å². The molecule has 136 valence electrons. The molecule has 0 saturated heterocycles. The van der Waals surface area contributed by atoms with Crippen molar-refractivity contribution in [2.45, 2.75) is 97.7 Å². The second-order valence-corrected chi connectivity index (χ2v) is 10.3. The van der Waals surface area contributed by atoms with Crippen LogP contribution in [-0.4, -0.2) is 22.4 Å². The van der Waals surface area contributed by atoms with Gasteiger partial charge in [-0.05, 0) is 87.4 Å². The average Bonchev–Trinajstić information content (AvgIpc) is 2.88. The number of hydrogen-bond acceptors (Lipinski definition) is 2. The van der Waals surface area contributed by atoms with Crippen LogP contribution >= 0.6 is 0 Å². The van der Waals surface area contributed by atoms with E-state index in [2.05, 4.69) is 20.8 Å². The molecular weight excluding hydrogens is 296 g/mol. The molecule has 0 heterocycles. The smallest absolute Gasteiger partial charge is 0.0602 e. The molecule has 4 aliphatic carbocycles. The lowest BCUT2D eigenvalue weighted by molar-refractivity contribution is -0.130. The molecule has 0 amide bonds. The monoisotopic (exact) mass is 332 g/mol. The lowest BCUT2D eigenvalue weighted by Gasteiger charge is -2.62. The van der Waals surface area contributed by atoms with Crippen molar-refractivity contribution in [2.24, 2.45) is 28.1 Å². The summed E-state index contributed by atoms with van der Waals surface area (Å²) >= 11 is 0. The topological polar surface area (TPSA) is 40.5 Å². The molecule has 7 unspecified atom stereocenters. The Labute approximate surface area is 147 Å². The van der Waals surface area contributed by atoms with Gasteiger partial charge in [0, 0.05) is 5.41 Å². The van der Waals surface area contributed by atoms with Crippen LogP contribution in [0.4, 0.5) is 0 Å². The van der Waals surface area contributed by atoms with Gasteiger partial charge in [0.2, 0.25) is 0 Å². The fraction of sp³-hybridized carbons (Fsp3) is 0.909. The Kier molecular flexibility index (Phi) is 3.80. The molecule has 7 atom stereocenters. The first kappa shape index (κ1) is 17.1. The number of allylic oxidation sites excluding steroid dienone is 1. The zero-order valence-corrected chi connectivity index (χ0v) is 16.1. The molecule has 0 bridgehead atoms. The Morgan fingerprint density at radius 1 is 1.00 bits per heavy atom. The van der Waals surface area contributed by atoms with Crippen molar-refractivity contribution < 1.29 is 10.2 Å². The highest BCUT2D eigenvalue weighted by Gasteiger charge is 2.59. The number of hydrogen-bond donors (Lipinski definition) is 2. The minimum Gasteiger partial charge on any atom is -0.393 e. The van der Waals surface area contributed by atoms with Gasteiger partial charge in [0.25, 0.3) is 0 Å². The van der Waals surface area contributed by atoms with Crippen molar-refractivity contribution in [1.82, 2.24) is 0 Å². The lowest BCUT2D eigenvalue weighted by atomic mass is 9.43. The molecule has 24 heavy (non-hydrogen) atoms. The third-order valence-electron chi connectivity index (χ3n) is 9.44. The third kappa shape index (κ3) is 2.08. The van der Waals surface area contributed by atoms with Crippen molar-refractivity contribution in [2.75, 3.05) is 0 Å². The second kappa shape index (κ2) is 5.33. The van der Waals surface area contributed by atoms with Crippen LogP contribution in [0.5, 0.6) is 0 Å². The zero-order valence-electron chi connectivity index (χ0n) is 16.1. The molecule has 2 saturated carbocycles. The number of aliphatic hydroxyl groups excluding tert-OH is 2. The molecule has 2 fully saturated rings. The molecule has 0 aromatic carbocycles. The summed E-state index contributed by atoms with van der Waals surface area (Å²) in [6.45, 7) is 9.30. The van der Waals surface area contributed by atoms with Gasteiger partial charge in [0.15, 0.2) is 0 Å². The summed E-state index contributed by atoms with van der Waals surface area (Å²) < 4.78 is 0. The Morgan fingerprint density at radius 3 is 2.46 bits per heavy atom. The molecule has 0 aromatic rings. The van der Waals surface area contributed by atoms with Crippen LogP contribution < -0.4 is 0 Å². The first-order valence-corrected chi connectivity index (χ1v) is 10.3. The van der Waals surface area contributed by atoms with Crippen molar-refractivity contribution in [3.05, 3.63) is 11.1 Å². The van der Waals surface area contributed by atoms with Gasteiger partial charge in [-0.25, -0.2) is 0 Å². The summed E-state index contributed by atoms with van der Waals surface area (Å²) in [5.41, 5.74) is 4.10. The van der Waals surface area contributed by atoms with Crippen molar-refractivity contribution in [3.63, 3.8) is 0 Å². The fourth-order valence-electron chi connectivity index (χ4n) is 7.38. The lowest BCUT2D eigenvalue weighted by Crippen LogP contribution is -2.55. The molecule has 0 aliphatic heterocycles. The van der Waals surface area contributed by atoms with E-state index < -0.39 is 0 Å². The van der Waals surface area contributed by atoms with Gasteiger partial charge in [-0.3, -0.25) is 0 Å². The predicted molar refractivity (Wildman–Crippen MR) is 97.6 cm³/mol. The Morgan fingerprint density at radius 2 is 1.75 bits per heavy atom. The van der Waals surface area contributed by atoms with Gasteiger partial charge in [-0.1, -0.05) is 31.9 Å². The predicted octanol–water partition coefficient (Wildman–Crippen LogP) is 4.84. The number of rotatable bonds is 1. The largest absolute Gasteiger partial charge is 0.393 e. The van der Waals surface area contributed by atoms with E-state index in [4.69, 9.17) is 0 Å². The highest BCUT2D eigenvalue weighted by atomic mass is 16.3. The van der Waals surface area contributed by atoms with Crippen LogP contribution in [0.3, 0.4) is 0 Å². The van der Waals surface area contributed by atoms with E-state index in [0.717, 1.165) is 31.1 Å². The van der Waals surface area contributed by atoms with Gasteiger partial charge < -0.3 is 10.2 Å². The zero-order chi connectivity index (χ0) is 17.3. The van der Waals surface area contributed by atoms with Gasteiger partial charge in [-0.2, -0.15) is 0 Å². The highest BCUT2D eigenvalue weighted by molar-refractivity contribution is 5.35. The summed E-state index contributed by atoms with van der Waals surface area (Å²) in [5, 5.41) is 20.7. The quantitative estimate of drug-likeness (QED) is 0.674. The molecular formula is C22H36O2. The average molecular weight is 333 g/mol. The first-order chi connectivity index (χ1) is 11.2. The molecule has 0 spiro atoms. The number of aliphatic hydroxyl groups is 2. The molecule has 0 radical (unpaired) electrons. The maximum Gasteiger partial charge on any atom is 0.0602 e. The standard InChI is InChI=1S/C22H36O2/c1-14(23)21(3)11-9-16-17-8-10-20(2)13-15(24)7-12-22(20,4)19(17)6-5-18(16)21/h14-15,17,19,23-24H,5-13H2,1-4H3. The van der Waals surface area contributed by atoms with Crippen LogP contribution in [0, 0.1) is 28.1 Å². The molecule has 2 heteroatoms. The molecule has 2 N–H and O–H groups in total. The van der Waals surface area contributed by atoms with Gasteiger partial charge in [-0.15, -0.1) is 0 Å². The second-order valence-electron chi connectivity index (χ2n) is 10.3. The van der Waals surface area contributed by atoms with Crippen molar-refractivity contribution in [3.8, 4) is 0 Å². The summed E-state index contributed by atoms with van der Waals surface area (Å²) in [4.78, 5) is 0.